The Kier molecular flexibility index (Phi) is 4.51. The van der Waals surface area contributed by atoms with Gasteiger partial charge in [-0.15, -0.1) is 0 Å². The smallest absolute Gasteiger partial charge is 0.0366 e. The van der Waals surface area contributed by atoms with Gasteiger partial charge in [-0.1, -0.05) is 31.0 Å². The summed E-state index contributed by atoms with van der Waals surface area (Å²) in [5, 5.41) is 0. The molecule has 0 bridgehead atoms. The van der Waals surface area contributed by atoms with Crippen molar-refractivity contribution in [2.24, 2.45) is 0 Å². The molecule has 0 saturated carbocycles. The molecule has 0 atom stereocenters. The molecule has 0 spiro atoms. The van der Waals surface area contributed by atoms with Crippen molar-refractivity contribution in [2.45, 2.75) is 33.6 Å². The molecule has 0 aliphatic heterocycles. The van der Waals surface area contributed by atoms with E-state index in [0.29, 0.717) is 0 Å². The Hall–Kier alpha value is -0.980. The van der Waals surface area contributed by atoms with Crippen molar-refractivity contribution in [1.29, 1.82) is 0 Å². The molecule has 1 rings (SSSR count). The summed E-state index contributed by atoms with van der Waals surface area (Å²) in [6.45, 7) is 8.86. The van der Waals surface area contributed by atoms with Crippen molar-refractivity contribution < 1.29 is 0 Å². The molecular formula is C13H21N. The molecule has 0 N–H and O–H groups in total. The molecule has 0 aliphatic rings. The van der Waals surface area contributed by atoms with Gasteiger partial charge < -0.3 is 4.90 Å². The Bertz CT molecular complexity index is 250. The zero-order chi connectivity index (χ0) is 10.4. The van der Waals surface area contributed by atoms with Gasteiger partial charge in [0, 0.05) is 18.8 Å². The molecule has 1 aromatic rings. The second-order valence-corrected chi connectivity index (χ2v) is 3.77. The Balaban J connectivity index is 2.64. The predicted molar refractivity (Wildman–Crippen MR) is 64.0 cm³/mol. The molecule has 0 unspecified atom stereocenters. The molecule has 0 aliphatic carbocycles. The average Bonchev–Trinajstić information content (AvgIpc) is 2.21. The van der Waals surface area contributed by atoms with Crippen molar-refractivity contribution in [3.05, 3.63) is 29.8 Å². The minimum absolute atomic E-state index is 1.10. The molecule has 0 radical (unpaired) electrons. The molecule has 14 heavy (non-hydrogen) atoms. The highest BCUT2D eigenvalue weighted by Gasteiger charge is 2.01. The van der Waals surface area contributed by atoms with Crippen LogP contribution in [0.4, 0.5) is 5.69 Å². The molecular weight excluding hydrogens is 170 g/mol. The summed E-state index contributed by atoms with van der Waals surface area (Å²) >= 11 is 0. The number of hydrogen-bond donors (Lipinski definition) is 0. The third kappa shape index (κ3) is 3.06. The highest BCUT2D eigenvalue weighted by Crippen LogP contribution is 2.15. The van der Waals surface area contributed by atoms with E-state index in [0.717, 1.165) is 6.54 Å². The maximum atomic E-state index is 2.43. The van der Waals surface area contributed by atoms with Crippen molar-refractivity contribution in [3.63, 3.8) is 0 Å². The van der Waals surface area contributed by atoms with Crippen molar-refractivity contribution in [1.82, 2.24) is 0 Å². The number of anilines is 1. The first-order chi connectivity index (χ1) is 6.77. The average molecular weight is 191 g/mol. The van der Waals surface area contributed by atoms with Crippen LogP contribution in [-0.2, 0) is 0 Å². The Morgan fingerprint density at radius 1 is 1.07 bits per heavy atom. The van der Waals surface area contributed by atoms with Gasteiger partial charge in [0.15, 0.2) is 0 Å². The molecule has 78 valence electrons. The van der Waals surface area contributed by atoms with Crippen molar-refractivity contribution in [3.8, 4) is 0 Å². The van der Waals surface area contributed by atoms with E-state index in [4.69, 9.17) is 0 Å². The van der Waals surface area contributed by atoms with E-state index in [2.05, 4.69) is 49.9 Å². The first-order valence-corrected chi connectivity index (χ1v) is 5.59. The molecule has 0 amide bonds. The highest BCUT2D eigenvalue weighted by atomic mass is 15.1. The second-order valence-electron chi connectivity index (χ2n) is 3.77. The van der Waals surface area contributed by atoms with E-state index in [1.165, 1.54) is 30.6 Å². The van der Waals surface area contributed by atoms with Gasteiger partial charge in [0.2, 0.25) is 0 Å². The number of nitrogens with zero attached hydrogens (tertiary/aromatic N) is 1. The summed E-state index contributed by atoms with van der Waals surface area (Å²) in [5.41, 5.74) is 2.69. The van der Waals surface area contributed by atoms with E-state index in [1.807, 2.05) is 0 Å². The van der Waals surface area contributed by atoms with Crippen LogP contribution in [0.25, 0.3) is 0 Å². The van der Waals surface area contributed by atoms with Crippen molar-refractivity contribution in [2.75, 3.05) is 18.0 Å². The van der Waals surface area contributed by atoms with Gasteiger partial charge in [-0.3, -0.25) is 0 Å². The number of benzene rings is 1. The van der Waals surface area contributed by atoms with Crippen LogP contribution >= 0.6 is 0 Å². The number of rotatable bonds is 5. The fraction of sp³-hybridized carbons (Fsp3) is 0.538. The van der Waals surface area contributed by atoms with Gasteiger partial charge in [0.05, 0.1) is 0 Å². The first kappa shape index (κ1) is 11.1. The van der Waals surface area contributed by atoms with Crippen molar-refractivity contribution >= 4 is 5.69 Å². The number of hydrogen-bond acceptors (Lipinski definition) is 1. The summed E-state index contributed by atoms with van der Waals surface area (Å²) in [7, 11) is 0. The van der Waals surface area contributed by atoms with Crippen LogP contribution in [0.3, 0.4) is 0 Å². The predicted octanol–water partition coefficient (Wildman–Crippen LogP) is 3.62. The third-order valence-corrected chi connectivity index (χ3v) is 2.56. The summed E-state index contributed by atoms with van der Waals surface area (Å²) < 4.78 is 0. The molecule has 1 nitrogen and oxygen atoms in total. The SMILES string of the molecule is CCCCN(CC)c1ccc(C)cc1. The van der Waals surface area contributed by atoms with Crippen LogP contribution in [0.1, 0.15) is 32.3 Å². The van der Waals surface area contributed by atoms with E-state index < -0.39 is 0 Å². The van der Waals surface area contributed by atoms with Crippen LogP contribution in [0.15, 0.2) is 24.3 Å². The zero-order valence-corrected chi connectivity index (χ0v) is 9.59. The highest BCUT2D eigenvalue weighted by molar-refractivity contribution is 5.47. The lowest BCUT2D eigenvalue weighted by molar-refractivity contribution is 0.732. The number of unbranched alkanes of at least 4 members (excludes halogenated alkanes) is 1. The summed E-state index contributed by atoms with van der Waals surface area (Å²) in [5.74, 6) is 0. The van der Waals surface area contributed by atoms with Gasteiger partial charge in [-0.05, 0) is 32.4 Å². The molecule has 1 heteroatoms. The van der Waals surface area contributed by atoms with Gasteiger partial charge in [-0.2, -0.15) is 0 Å². The van der Waals surface area contributed by atoms with Crippen LogP contribution in [0.2, 0.25) is 0 Å². The Morgan fingerprint density at radius 2 is 1.71 bits per heavy atom. The number of aryl methyl sites for hydroxylation is 1. The molecule has 0 heterocycles. The standard InChI is InChI=1S/C13H21N/c1-4-6-11-14(5-2)13-9-7-12(3)8-10-13/h7-10H,4-6,11H2,1-3H3. The van der Waals surface area contributed by atoms with E-state index in [9.17, 15) is 0 Å². The van der Waals surface area contributed by atoms with Crippen LogP contribution in [0, 0.1) is 6.92 Å². The fourth-order valence-corrected chi connectivity index (χ4v) is 1.57. The van der Waals surface area contributed by atoms with E-state index in [-0.39, 0.29) is 0 Å². The van der Waals surface area contributed by atoms with Gasteiger partial charge in [0.1, 0.15) is 0 Å². The van der Waals surface area contributed by atoms with Crippen LogP contribution in [0.5, 0.6) is 0 Å². The minimum atomic E-state index is 1.10. The fourth-order valence-electron chi connectivity index (χ4n) is 1.57. The van der Waals surface area contributed by atoms with Crippen LogP contribution < -0.4 is 4.90 Å². The largest absolute Gasteiger partial charge is 0.372 e. The Morgan fingerprint density at radius 3 is 2.21 bits per heavy atom. The maximum absolute atomic E-state index is 2.43. The third-order valence-electron chi connectivity index (χ3n) is 2.56. The summed E-state index contributed by atoms with van der Waals surface area (Å²) in [6, 6.07) is 8.80. The zero-order valence-electron chi connectivity index (χ0n) is 9.59. The monoisotopic (exact) mass is 191 g/mol. The topological polar surface area (TPSA) is 3.24 Å². The lowest BCUT2D eigenvalue weighted by Crippen LogP contribution is -2.23. The summed E-state index contributed by atoms with van der Waals surface area (Å²) in [4.78, 5) is 2.43. The molecule has 0 saturated heterocycles. The minimum Gasteiger partial charge on any atom is -0.372 e. The first-order valence-electron chi connectivity index (χ1n) is 5.59. The van der Waals surface area contributed by atoms with Gasteiger partial charge in [-0.25, -0.2) is 0 Å². The quantitative estimate of drug-likeness (QED) is 0.687. The summed E-state index contributed by atoms with van der Waals surface area (Å²) in [6.07, 6.45) is 2.55. The van der Waals surface area contributed by atoms with E-state index >= 15 is 0 Å². The molecule has 0 aromatic heterocycles. The molecule has 0 fully saturated rings. The lowest BCUT2D eigenvalue weighted by Gasteiger charge is -2.22. The normalized spacial score (nSPS) is 10.2. The van der Waals surface area contributed by atoms with Crippen LogP contribution in [-0.4, -0.2) is 13.1 Å². The second kappa shape index (κ2) is 5.69. The van der Waals surface area contributed by atoms with Gasteiger partial charge in [0.25, 0.3) is 0 Å². The van der Waals surface area contributed by atoms with Gasteiger partial charge >= 0.3 is 0 Å². The lowest BCUT2D eigenvalue weighted by atomic mass is 10.2. The molecule has 1 aromatic carbocycles. The maximum Gasteiger partial charge on any atom is 0.0366 e. The Labute approximate surface area is 87.7 Å². The van der Waals surface area contributed by atoms with E-state index in [1.54, 1.807) is 0 Å².